The molecule has 0 heterocycles. The quantitative estimate of drug-likeness (QED) is 0.668. The number of carbonyl (C=O) groups excluding carboxylic acids is 1. The second-order valence-electron chi connectivity index (χ2n) is 3.25. The highest BCUT2D eigenvalue weighted by Gasteiger charge is 2.07. The van der Waals surface area contributed by atoms with Crippen LogP contribution in [0, 0.1) is 0 Å². The topological polar surface area (TPSA) is 29.5 Å². The molecule has 0 N–H and O–H groups in total. The van der Waals surface area contributed by atoms with Crippen molar-refractivity contribution in [1.82, 2.24) is 0 Å². The van der Waals surface area contributed by atoms with E-state index in [4.69, 9.17) is 4.74 Å². The number of hydrogen-bond acceptors (Lipinski definition) is 3. The number of rotatable bonds is 6. The standard InChI is InChI=1S/C12H17NO2/c1-3-13(8-9-15-2)12-7-5-4-6-11(12)10-14/h4-7,10H,3,8-9H2,1-2H3. The van der Waals surface area contributed by atoms with Crippen molar-refractivity contribution in [3.8, 4) is 0 Å². The van der Waals surface area contributed by atoms with Crippen LogP contribution < -0.4 is 4.90 Å². The van der Waals surface area contributed by atoms with E-state index in [-0.39, 0.29) is 0 Å². The third-order valence-electron chi connectivity index (χ3n) is 2.35. The first kappa shape index (κ1) is 11.7. The van der Waals surface area contributed by atoms with Gasteiger partial charge in [-0.1, -0.05) is 12.1 Å². The second-order valence-corrected chi connectivity index (χ2v) is 3.25. The fourth-order valence-corrected chi connectivity index (χ4v) is 1.53. The van der Waals surface area contributed by atoms with Crippen molar-refractivity contribution >= 4 is 12.0 Å². The number of methoxy groups -OCH3 is 1. The largest absolute Gasteiger partial charge is 0.383 e. The number of nitrogens with zero attached hydrogens (tertiary/aromatic N) is 1. The number of anilines is 1. The monoisotopic (exact) mass is 207 g/mol. The normalized spacial score (nSPS) is 10.0. The van der Waals surface area contributed by atoms with E-state index in [0.29, 0.717) is 6.61 Å². The molecular weight excluding hydrogens is 190 g/mol. The molecule has 0 radical (unpaired) electrons. The number of carbonyl (C=O) groups is 1. The Morgan fingerprint density at radius 3 is 2.73 bits per heavy atom. The van der Waals surface area contributed by atoms with E-state index in [0.717, 1.165) is 30.6 Å². The third-order valence-corrected chi connectivity index (χ3v) is 2.35. The minimum Gasteiger partial charge on any atom is -0.383 e. The molecule has 3 nitrogen and oxygen atoms in total. The molecule has 0 spiro atoms. The van der Waals surface area contributed by atoms with Crippen LogP contribution in [0.2, 0.25) is 0 Å². The summed E-state index contributed by atoms with van der Waals surface area (Å²) in [6, 6.07) is 7.61. The third kappa shape index (κ3) is 3.06. The van der Waals surface area contributed by atoms with E-state index in [1.54, 1.807) is 7.11 Å². The maximum absolute atomic E-state index is 10.9. The molecule has 0 bridgehead atoms. The lowest BCUT2D eigenvalue weighted by Gasteiger charge is -2.23. The molecule has 0 aromatic heterocycles. The summed E-state index contributed by atoms with van der Waals surface area (Å²) in [6.07, 6.45) is 0.894. The number of ether oxygens (including phenoxy) is 1. The van der Waals surface area contributed by atoms with Crippen molar-refractivity contribution in [3.05, 3.63) is 29.8 Å². The van der Waals surface area contributed by atoms with Gasteiger partial charge in [-0.2, -0.15) is 0 Å². The molecule has 0 atom stereocenters. The number of likely N-dealkylation sites (N-methyl/N-ethyl adjacent to an activating group) is 1. The van der Waals surface area contributed by atoms with E-state index in [1.165, 1.54) is 0 Å². The second kappa shape index (κ2) is 6.19. The summed E-state index contributed by atoms with van der Waals surface area (Å²) in [4.78, 5) is 13.0. The predicted molar refractivity (Wildman–Crippen MR) is 61.6 cm³/mol. The zero-order chi connectivity index (χ0) is 11.1. The Hall–Kier alpha value is -1.35. The molecule has 15 heavy (non-hydrogen) atoms. The zero-order valence-corrected chi connectivity index (χ0v) is 9.27. The van der Waals surface area contributed by atoms with Crippen LogP contribution in [-0.2, 0) is 4.74 Å². The molecule has 0 amide bonds. The highest BCUT2D eigenvalue weighted by atomic mass is 16.5. The Balaban J connectivity index is 2.85. The first-order valence-electron chi connectivity index (χ1n) is 5.11. The summed E-state index contributed by atoms with van der Waals surface area (Å²) < 4.78 is 5.04. The molecule has 0 unspecified atom stereocenters. The molecule has 0 fully saturated rings. The van der Waals surface area contributed by atoms with Gasteiger partial charge in [0.25, 0.3) is 0 Å². The van der Waals surface area contributed by atoms with Gasteiger partial charge in [-0.15, -0.1) is 0 Å². The van der Waals surface area contributed by atoms with Gasteiger partial charge in [0.05, 0.1) is 6.61 Å². The summed E-state index contributed by atoms with van der Waals surface area (Å²) in [7, 11) is 1.68. The summed E-state index contributed by atoms with van der Waals surface area (Å²) in [5, 5.41) is 0. The molecule has 0 saturated carbocycles. The Morgan fingerprint density at radius 1 is 1.40 bits per heavy atom. The van der Waals surface area contributed by atoms with Crippen LogP contribution in [-0.4, -0.2) is 33.1 Å². The highest BCUT2D eigenvalue weighted by Crippen LogP contribution is 2.17. The minimum atomic E-state index is 0.668. The molecular formula is C12H17NO2. The molecule has 82 valence electrons. The fourth-order valence-electron chi connectivity index (χ4n) is 1.53. The van der Waals surface area contributed by atoms with Gasteiger partial charge in [0.15, 0.2) is 6.29 Å². The first-order valence-corrected chi connectivity index (χ1v) is 5.11. The smallest absolute Gasteiger partial charge is 0.152 e. The summed E-state index contributed by atoms with van der Waals surface area (Å²) >= 11 is 0. The van der Waals surface area contributed by atoms with Crippen LogP contribution in [0.1, 0.15) is 17.3 Å². The maximum atomic E-state index is 10.9. The van der Waals surface area contributed by atoms with E-state index in [1.807, 2.05) is 24.3 Å². The molecule has 1 aromatic rings. The van der Waals surface area contributed by atoms with Crippen LogP contribution in [0.3, 0.4) is 0 Å². The minimum absolute atomic E-state index is 0.668. The Morgan fingerprint density at radius 2 is 2.13 bits per heavy atom. The highest BCUT2D eigenvalue weighted by molar-refractivity contribution is 5.84. The van der Waals surface area contributed by atoms with Crippen molar-refractivity contribution in [2.45, 2.75) is 6.92 Å². The first-order chi connectivity index (χ1) is 7.33. The van der Waals surface area contributed by atoms with Gasteiger partial charge in [-0.25, -0.2) is 0 Å². The van der Waals surface area contributed by atoms with Gasteiger partial charge in [-0.3, -0.25) is 4.79 Å². The van der Waals surface area contributed by atoms with Gasteiger partial charge in [0, 0.05) is 31.5 Å². The van der Waals surface area contributed by atoms with E-state index >= 15 is 0 Å². The fraction of sp³-hybridized carbons (Fsp3) is 0.417. The molecule has 3 heteroatoms. The van der Waals surface area contributed by atoms with Gasteiger partial charge in [0.2, 0.25) is 0 Å². The molecule has 0 saturated heterocycles. The van der Waals surface area contributed by atoms with Crippen LogP contribution in [0.25, 0.3) is 0 Å². The van der Waals surface area contributed by atoms with Crippen molar-refractivity contribution in [3.63, 3.8) is 0 Å². The maximum Gasteiger partial charge on any atom is 0.152 e. The number of benzene rings is 1. The molecule has 1 rings (SSSR count). The predicted octanol–water partition coefficient (Wildman–Crippen LogP) is 1.97. The summed E-state index contributed by atoms with van der Waals surface area (Å²) in [5.74, 6) is 0. The molecule has 1 aromatic carbocycles. The van der Waals surface area contributed by atoms with Crippen molar-refractivity contribution < 1.29 is 9.53 Å². The summed E-state index contributed by atoms with van der Waals surface area (Å²) in [5.41, 5.74) is 1.71. The van der Waals surface area contributed by atoms with Crippen LogP contribution in [0.15, 0.2) is 24.3 Å². The van der Waals surface area contributed by atoms with Crippen molar-refractivity contribution in [2.75, 3.05) is 31.7 Å². The average molecular weight is 207 g/mol. The van der Waals surface area contributed by atoms with Crippen molar-refractivity contribution in [1.29, 1.82) is 0 Å². The molecule has 0 aliphatic carbocycles. The van der Waals surface area contributed by atoms with E-state index in [2.05, 4.69) is 11.8 Å². The molecule has 0 aliphatic rings. The lowest BCUT2D eigenvalue weighted by atomic mass is 10.2. The van der Waals surface area contributed by atoms with Crippen LogP contribution in [0.5, 0.6) is 0 Å². The molecule has 0 aliphatic heterocycles. The lowest BCUT2D eigenvalue weighted by molar-refractivity contribution is 0.112. The Labute approximate surface area is 90.7 Å². The Bertz CT molecular complexity index is 312. The van der Waals surface area contributed by atoms with Crippen molar-refractivity contribution in [2.24, 2.45) is 0 Å². The van der Waals surface area contributed by atoms with Crippen LogP contribution in [0.4, 0.5) is 5.69 Å². The van der Waals surface area contributed by atoms with Gasteiger partial charge < -0.3 is 9.64 Å². The van der Waals surface area contributed by atoms with E-state index < -0.39 is 0 Å². The van der Waals surface area contributed by atoms with Crippen LogP contribution >= 0.6 is 0 Å². The number of para-hydroxylation sites is 1. The van der Waals surface area contributed by atoms with Gasteiger partial charge in [-0.05, 0) is 19.1 Å². The van der Waals surface area contributed by atoms with Gasteiger partial charge >= 0.3 is 0 Å². The SMILES string of the molecule is CCN(CCOC)c1ccccc1C=O. The lowest BCUT2D eigenvalue weighted by Crippen LogP contribution is -2.27. The zero-order valence-electron chi connectivity index (χ0n) is 9.27. The average Bonchev–Trinajstić information content (AvgIpc) is 2.30. The Kier molecular flexibility index (Phi) is 4.84. The number of hydrogen-bond donors (Lipinski definition) is 0. The van der Waals surface area contributed by atoms with E-state index in [9.17, 15) is 4.79 Å². The number of aldehydes is 1. The summed E-state index contributed by atoms with van der Waals surface area (Å²) in [6.45, 7) is 4.41. The van der Waals surface area contributed by atoms with Gasteiger partial charge in [0.1, 0.15) is 0 Å².